The first-order valence-electron chi connectivity index (χ1n) is 8.24. The summed E-state index contributed by atoms with van der Waals surface area (Å²) in [6.45, 7) is 1.97. The minimum atomic E-state index is -0.211. The molecule has 2 aliphatic rings. The van der Waals surface area contributed by atoms with Crippen molar-refractivity contribution in [2.45, 2.75) is 31.4 Å². The van der Waals surface area contributed by atoms with E-state index in [9.17, 15) is 4.79 Å². The normalized spacial score (nSPS) is 24.7. The van der Waals surface area contributed by atoms with E-state index in [1.54, 1.807) is 0 Å². The van der Waals surface area contributed by atoms with Crippen molar-refractivity contribution in [3.63, 3.8) is 0 Å². The predicted octanol–water partition coefficient (Wildman–Crippen LogP) is 1.88. The molecule has 6 nitrogen and oxygen atoms in total. The van der Waals surface area contributed by atoms with E-state index in [1.165, 1.54) is 12.8 Å². The summed E-state index contributed by atoms with van der Waals surface area (Å²) in [5.74, 6) is 0.832. The first kappa shape index (κ1) is 14.7. The van der Waals surface area contributed by atoms with Crippen LogP contribution in [0.3, 0.4) is 0 Å². The van der Waals surface area contributed by atoms with Gasteiger partial charge in [0.1, 0.15) is 0 Å². The largest absolute Gasteiger partial charge is 0.379 e. The molecule has 2 heterocycles. The number of amides is 1. The summed E-state index contributed by atoms with van der Waals surface area (Å²) >= 11 is 0. The lowest BCUT2D eigenvalue weighted by Crippen LogP contribution is -2.51. The lowest BCUT2D eigenvalue weighted by atomic mass is 10.1. The topological polar surface area (TPSA) is 76.2 Å². The summed E-state index contributed by atoms with van der Waals surface area (Å²) < 4.78 is 11.5. The number of nitrogens with one attached hydrogen (secondary N) is 2. The summed E-state index contributed by atoms with van der Waals surface area (Å²) in [6, 6.07) is 7.49. The van der Waals surface area contributed by atoms with E-state index in [1.807, 2.05) is 24.3 Å². The fraction of sp³-hybridized carbons (Fsp3) is 0.529. The van der Waals surface area contributed by atoms with E-state index < -0.39 is 0 Å². The minimum Gasteiger partial charge on any atom is -0.379 e. The zero-order chi connectivity index (χ0) is 15.6. The highest BCUT2D eigenvalue weighted by molar-refractivity contribution is 5.94. The number of aromatic amines is 1. The number of aromatic nitrogens is 2. The number of hydrogen-bond donors (Lipinski definition) is 2. The van der Waals surface area contributed by atoms with Gasteiger partial charge in [0.05, 0.1) is 29.8 Å². The van der Waals surface area contributed by atoms with Crippen LogP contribution in [0.25, 0.3) is 11.0 Å². The van der Waals surface area contributed by atoms with Gasteiger partial charge < -0.3 is 19.8 Å². The Morgan fingerprint density at radius 3 is 3.04 bits per heavy atom. The molecule has 0 bridgehead atoms. The molecule has 4 rings (SSSR count). The first-order valence-corrected chi connectivity index (χ1v) is 8.24. The first-order chi connectivity index (χ1) is 11.3. The Bertz CT molecular complexity index is 662. The number of H-pyrrole nitrogens is 1. The highest BCUT2D eigenvalue weighted by Crippen LogP contribution is 2.30. The fourth-order valence-corrected chi connectivity index (χ4v) is 2.89. The smallest absolute Gasteiger partial charge is 0.287 e. The average molecular weight is 315 g/mol. The second-order valence-corrected chi connectivity index (χ2v) is 6.36. The molecule has 6 heteroatoms. The van der Waals surface area contributed by atoms with E-state index in [0.717, 1.165) is 24.1 Å². The molecular weight excluding hydrogens is 294 g/mol. The van der Waals surface area contributed by atoms with Gasteiger partial charge >= 0.3 is 0 Å². The van der Waals surface area contributed by atoms with Crippen LogP contribution in [0.2, 0.25) is 0 Å². The third-order valence-electron chi connectivity index (χ3n) is 4.46. The van der Waals surface area contributed by atoms with Crippen LogP contribution < -0.4 is 5.32 Å². The molecule has 1 aromatic heterocycles. The van der Waals surface area contributed by atoms with Crippen LogP contribution in [-0.4, -0.2) is 47.8 Å². The average Bonchev–Trinajstić information content (AvgIpc) is 3.30. The van der Waals surface area contributed by atoms with Crippen LogP contribution in [0.1, 0.15) is 29.9 Å². The van der Waals surface area contributed by atoms with Crippen molar-refractivity contribution in [3.8, 4) is 0 Å². The van der Waals surface area contributed by atoms with Crippen LogP contribution in [0.5, 0.6) is 0 Å². The highest BCUT2D eigenvalue weighted by Gasteiger charge is 2.31. The Kier molecular flexibility index (Phi) is 4.01. The quantitative estimate of drug-likeness (QED) is 0.883. The summed E-state index contributed by atoms with van der Waals surface area (Å²) in [6.07, 6.45) is 3.37. The lowest BCUT2D eigenvalue weighted by molar-refractivity contribution is -0.0568. The van der Waals surface area contributed by atoms with Gasteiger partial charge in [-0.25, -0.2) is 4.98 Å². The van der Waals surface area contributed by atoms with E-state index in [2.05, 4.69) is 15.3 Å². The standard InChI is InChI=1S/C17H21N3O3/c21-17(16-18-12-3-1-2-4-13(12)19-16)20-14-10-22-8-7-15(14)23-9-11-5-6-11/h1-4,11,14-15H,5-10H2,(H,18,19)(H,20,21)/t14-,15+/m1/s1. The van der Waals surface area contributed by atoms with Crippen LogP contribution >= 0.6 is 0 Å². The number of benzene rings is 1. The third kappa shape index (κ3) is 3.38. The van der Waals surface area contributed by atoms with Gasteiger partial charge in [0.15, 0.2) is 5.82 Å². The molecule has 1 aromatic carbocycles. The van der Waals surface area contributed by atoms with Gasteiger partial charge in [0.25, 0.3) is 5.91 Å². The predicted molar refractivity (Wildman–Crippen MR) is 85.2 cm³/mol. The van der Waals surface area contributed by atoms with Crippen LogP contribution in [0, 0.1) is 5.92 Å². The van der Waals surface area contributed by atoms with Gasteiger partial charge in [-0.1, -0.05) is 12.1 Å². The Labute approximate surface area is 134 Å². The summed E-state index contributed by atoms with van der Waals surface area (Å²) in [4.78, 5) is 19.9. The SMILES string of the molecule is O=C(N[C@@H]1COCC[C@@H]1OCC1CC1)c1nc2ccccc2[nH]1. The second kappa shape index (κ2) is 6.29. The maximum Gasteiger partial charge on any atom is 0.287 e. The zero-order valence-corrected chi connectivity index (χ0v) is 13.0. The number of carbonyl (C=O) groups is 1. The molecule has 0 unspecified atom stereocenters. The number of imidazole rings is 1. The van der Waals surface area contributed by atoms with Gasteiger partial charge in [-0.2, -0.15) is 0 Å². The van der Waals surface area contributed by atoms with Gasteiger partial charge in [-0.15, -0.1) is 0 Å². The van der Waals surface area contributed by atoms with Crippen molar-refractivity contribution < 1.29 is 14.3 Å². The molecule has 1 saturated heterocycles. The number of fused-ring (bicyclic) bond motifs is 1. The molecule has 0 spiro atoms. The van der Waals surface area contributed by atoms with Crippen molar-refractivity contribution in [2.24, 2.45) is 5.92 Å². The minimum absolute atomic E-state index is 0.0256. The molecule has 2 atom stereocenters. The van der Waals surface area contributed by atoms with Gasteiger partial charge in [-0.3, -0.25) is 4.79 Å². The second-order valence-electron chi connectivity index (χ2n) is 6.36. The number of para-hydroxylation sites is 2. The van der Waals surface area contributed by atoms with E-state index in [0.29, 0.717) is 25.0 Å². The molecule has 122 valence electrons. The van der Waals surface area contributed by atoms with Crippen molar-refractivity contribution >= 4 is 16.9 Å². The number of ether oxygens (including phenoxy) is 2. The molecule has 1 aliphatic heterocycles. The molecule has 2 aromatic rings. The summed E-state index contributed by atoms with van der Waals surface area (Å²) in [7, 11) is 0. The van der Waals surface area contributed by atoms with E-state index >= 15 is 0 Å². The number of nitrogens with zero attached hydrogens (tertiary/aromatic N) is 1. The van der Waals surface area contributed by atoms with Crippen molar-refractivity contribution in [1.82, 2.24) is 15.3 Å². The van der Waals surface area contributed by atoms with Crippen LogP contribution in [0.15, 0.2) is 24.3 Å². The Balaban J connectivity index is 1.42. The molecule has 1 saturated carbocycles. The van der Waals surface area contributed by atoms with Crippen LogP contribution in [-0.2, 0) is 9.47 Å². The Morgan fingerprint density at radius 1 is 1.35 bits per heavy atom. The molecule has 2 N–H and O–H groups in total. The van der Waals surface area contributed by atoms with Crippen molar-refractivity contribution in [2.75, 3.05) is 19.8 Å². The maximum atomic E-state index is 12.5. The maximum absolute atomic E-state index is 12.5. The van der Waals surface area contributed by atoms with Gasteiger partial charge in [0.2, 0.25) is 0 Å². The highest BCUT2D eigenvalue weighted by atomic mass is 16.5. The monoisotopic (exact) mass is 315 g/mol. The number of rotatable bonds is 5. The Morgan fingerprint density at radius 2 is 2.22 bits per heavy atom. The van der Waals surface area contributed by atoms with Crippen LogP contribution in [0.4, 0.5) is 0 Å². The number of hydrogen-bond acceptors (Lipinski definition) is 4. The molecular formula is C17H21N3O3. The summed E-state index contributed by atoms with van der Waals surface area (Å²) in [5.41, 5.74) is 1.65. The Hall–Kier alpha value is -1.92. The molecule has 2 fully saturated rings. The van der Waals surface area contributed by atoms with Crippen molar-refractivity contribution in [1.29, 1.82) is 0 Å². The zero-order valence-electron chi connectivity index (χ0n) is 13.0. The number of carbonyl (C=O) groups excluding carboxylic acids is 1. The fourth-order valence-electron chi connectivity index (χ4n) is 2.89. The van der Waals surface area contributed by atoms with Gasteiger partial charge in [-0.05, 0) is 37.3 Å². The van der Waals surface area contributed by atoms with E-state index in [4.69, 9.17) is 9.47 Å². The van der Waals surface area contributed by atoms with Crippen molar-refractivity contribution in [3.05, 3.63) is 30.1 Å². The molecule has 23 heavy (non-hydrogen) atoms. The summed E-state index contributed by atoms with van der Waals surface area (Å²) in [5, 5.41) is 3.01. The third-order valence-corrected chi connectivity index (χ3v) is 4.46. The van der Waals surface area contributed by atoms with Gasteiger partial charge in [0, 0.05) is 13.2 Å². The molecule has 1 aliphatic carbocycles. The lowest BCUT2D eigenvalue weighted by Gasteiger charge is -2.31. The van der Waals surface area contributed by atoms with E-state index in [-0.39, 0.29) is 18.1 Å². The molecule has 0 radical (unpaired) electrons. The molecule has 1 amide bonds.